The Hall–Kier alpha value is -1.51. The molecule has 0 amide bonds. The lowest BCUT2D eigenvalue weighted by Crippen LogP contribution is -1.98. The summed E-state index contributed by atoms with van der Waals surface area (Å²) < 4.78 is 4.69. The maximum Gasteiger partial charge on any atom is 0.261 e. The maximum absolute atomic E-state index is 10.8. The van der Waals surface area contributed by atoms with Gasteiger partial charge in [0.25, 0.3) is 5.78 Å². The first-order chi connectivity index (χ1) is 4.72. The highest BCUT2D eigenvalue weighted by Gasteiger charge is 2.10. The largest absolute Gasteiger partial charge is 0.504 e. The third kappa shape index (κ3) is 1.07. The van der Waals surface area contributed by atoms with E-state index in [-0.39, 0.29) is 5.76 Å². The van der Waals surface area contributed by atoms with Gasteiger partial charge in [0.1, 0.15) is 0 Å². The minimum atomic E-state index is -0.579. The van der Waals surface area contributed by atoms with Gasteiger partial charge in [-0.25, -0.2) is 0 Å². The van der Waals surface area contributed by atoms with E-state index >= 15 is 0 Å². The Morgan fingerprint density at radius 3 is 2.80 bits per heavy atom. The first kappa shape index (κ1) is 6.61. The van der Waals surface area contributed by atoms with Crippen molar-refractivity contribution >= 4 is 5.78 Å². The van der Waals surface area contributed by atoms with Crippen LogP contribution in [0.1, 0.15) is 10.6 Å². The van der Waals surface area contributed by atoms with E-state index in [4.69, 9.17) is 5.11 Å². The Labute approximate surface area is 57.6 Å². The van der Waals surface area contributed by atoms with Crippen LogP contribution >= 0.6 is 0 Å². The number of aliphatic hydroxyl groups is 1. The molecular formula is C7H6O3. The molecule has 0 unspecified atom stereocenters. The molecule has 1 N–H and O–H groups in total. The summed E-state index contributed by atoms with van der Waals surface area (Å²) in [7, 11) is 0. The number of carbonyl (C=O) groups is 1. The van der Waals surface area contributed by atoms with Crippen LogP contribution < -0.4 is 0 Å². The molecule has 52 valence electrons. The zero-order valence-corrected chi connectivity index (χ0v) is 5.20. The summed E-state index contributed by atoms with van der Waals surface area (Å²) in [5, 5.41) is 8.59. The Bertz CT molecular complexity index is 246. The predicted octanol–water partition coefficient (Wildman–Crippen LogP) is 1.53. The van der Waals surface area contributed by atoms with Crippen LogP contribution in [0.15, 0.2) is 35.2 Å². The van der Waals surface area contributed by atoms with Crippen LogP contribution in [0.5, 0.6) is 0 Å². The van der Waals surface area contributed by atoms with Gasteiger partial charge in [0.2, 0.25) is 0 Å². The highest BCUT2D eigenvalue weighted by Crippen LogP contribution is 2.04. The van der Waals surface area contributed by atoms with Crippen LogP contribution in [-0.4, -0.2) is 10.9 Å². The Morgan fingerprint density at radius 2 is 2.40 bits per heavy atom. The highest BCUT2D eigenvalue weighted by atomic mass is 16.3. The smallest absolute Gasteiger partial charge is 0.261 e. The first-order valence-electron chi connectivity index (χ1n) is 2.68. The van der Waals surface area contributed by atoms with Gasteiger partial charge in [-0.05, 0) is 12.1 Å². The van der Waals surface area contributed by atoms with E-state index < -0.39 is 11.5 Å². The Balaban J connectivity index is 2.88. The van der Waals surface area contributed by atoms with E-state index in [1.807, 2.05) is 0 Å². The van der Waals surface area contributed by atoms with Gasteiger partial charge in [0.15, 0.2) is 11.5 Å². The third-order valence-corrected chi connectivity index (χ3v) is 1.01. The summed E-state index contributed by atoms with van der Waals surface area (Å²) in [5.41, 5.74) is 0. The van der Waals surface area contributed by atoms with E-state index in [1.165, 1.54) is 12.3 Å². The van der Waals surface area contributed by atoms with Gasteiger partial charge in [-0.1, -0.05) is 6.58 Å². The van der Waals surface area contributed by atoms with Crippen molar-refractivity contribution in [3.63, 3.8) is 0 Å². The van der Waals surface area contributed by atoms with E-state index in [2.05, 4.69) is 11.0 Å². The number of furan rings is 1. The molecule has 1 aromatic heterocycles. The summed E-state index contributed by atoms with van der Waals surface area (Å²) in [6.07, 6.45) is 1.36. The zero-order valence-electron chi connectivity index (χ0n) is 5.20. The molecule has 0 saturated heterocycles. The van der Waals surface area contributed by atoms with Crippen LogP contribution in [0.4, 0.5) is 0 Å². The maximum atomic E-state index is 10.8. The van der Waals surface area contributed by atoms with Gasteiger partial charge >= 0.3 is 0 Å². The molecule has 0 aromatic carbocycles. The number of rotatable bonds is 2. The van der Waals surface area contributed by atoms with Crippen LogP contribution in [0.25, 0.3) is 0 Å². The van der Waals surface area contributed by atoms with E-state index in [1.54, 1.807) is 6.07 Å². The molecule has 3 nitrogen and oxygen atoms in total. The topological polar surface area (TPSA) is 50.4 Å². The van der Waals surface area contributed by atoms with Crippen molar-refractivity contribution in [3.05, 3.63) is 36.5 Å². The number of ketones is 1. The van der Waals surface area contributed by atoms with Gasteiger partial charge in [-0.2, -0.15) is 0 Å². The van der Waals surface area contributed by atoms with Crippen LogP contribution in [0.3, 0.4) is 0 Å². The molecule has 0 aliphatic rings. The van der Waals surface area contributed by atoms with Crippen molar-refractivity contribution < 1.29 is 14.3 Å². The van der Waals surface area contributed by atoms with Gasteiger partial charge in [-0.15, -0.1) is 0 Å². The lowest BCUT2D eigenvalue weighted by Gasteiger charge is -1.89. The fourth-order valence-corrected chi connectivity index (χ4v) is 0.550. The van der Waals surface area contributed by atoms with Crippen LogP contribution in [0, 0.1) is 0 Å². The molecule has 0 radical (unpaired) electrons. The Morgan fingerprint density at radius 1 is 1.70 bits per heavy atom. The SMILES string of the molecule is C=C(O)C(=O)c1ccco1. The second kappa shape index (κ2) is 2.39. The normalized spacial score (nSPS) is 9.20. The average molecular weight is 138 g/mol. The van der Waals surface area contributed by atoms with Gasteiger partial charge in [0.05, 0.1) is 6.26 Å². The summed E-state index contributed by atoms with van der Waals surface area (Å²) in [6, 6.07) is 3.03. The number of aliphatic hydroxyl groups excluding tert-OH is 1. The molecule has 0 aliphatic carbocycles. The predicted molar refractivity (Wildman–Crippen MR) is 34.8 cm³/mol. The summed E-state index contributed by atoms with van der Waals surface area (Å²) in [4.78, 5) is 10.8. The molecule has 10 heavy (non-hydrogen) atoms. The fraction of sp³-hybridized carbons (Fsp3) is 0. The molecular weight excluding hydrogens is 132 g/mol. The van der Waals surface area contributed by atoms with Crippen molar-refractivity contribution in [2.75, 3.05) is 0 Å². The van der Waals surface area contributed by atoms with Crippen molar-refractivity contribution in [3.8, 4) is 0 Å². The molecule has 0 spiro atoms. The number of allylic oxidation sites excluding steroid dienone is 1. The number of carbonyl (C=O) groups excluding carboxylic acids is 1. The monoisotopic (exact) mass is 138 g/mol. The molecule has 1 heterocycles. The minimum absolute atomic E-state index is 0.104. The third-order valence-electron chi connectivity index (χ3n) is 1.01. The van der Waals surface area contributed by atoms with Crippen LogP contribution in [-0.2, 0) is 0 Å². The second-order valence-corrected chi connectivity index (χ2v) is 1.75. The van der Waals surface area contributed by atoms with E-state index in [9.17, 15) is 4.79 Å². The molecule has 3 heteroatoms. The molecule has 0 atom stereocenters. The number of Topliss-reactive ketones (excluding diaryl/α,β-unsaturated/α-hetero) is 1. The molecule has 0 saturated carbocycles. The lowest BCUT2D eigenvalue weighted by molar-refractivity contribution is 0.0952. The van der Waals surface area contributed by atoms with Gasteiger partial charge < -0.3 is 9.52 Å². The standard InChI is InChI=1S/C7H6O3/c1-5(8)7(9)6-3-2-4-10-6/h2-4,8H,1H2. The Kier molecular flexibility index (Phi) is 1.58. The highest BCUT2D eigenvalue weighted by molar-refractivity contribution is 6.04. The van der Waals surface area contributed by atoms with E-state index in [0.717, 1.165) is 0 Å². The molecule has 0 bridgehead atoms. The van der Waals surface area contributed by atoms with Gasteiger partial charge in [0, 0.05) is 0 Å². The minimum Gasteiger partial charge on any atom is -0.504 e. The summed E-state index contributed by atoms with van der Waals surface area (Å²) >= 11 is 0. The van der Waals surface area contributed by atoms with Gasteiger partial charge in [-0.3, -0.25) is 4.79 Å². The van der Waals surface area contributed by atoms with E-state index in [0.29, 0.717) is 0 Å². The van der Waals surface area contributed by atoms with Crippen molar-refractivity contribution in [2.24, 2.45) is 0 Å². The number of hydrogen-bond donors (Lipinski definition) is 1. The lowest BCUT2D eigenvalue weighted by atomic mass is 10.3. The number of hydrogen-bond acceptors (Lipinski definition) is 3. The first-order valence-corrected chi connectivity index (χ1v) is 2.68. The molecule has 0 aliphatic heterocycles. The molecule has 0 fully saturated rings. The summed E-state index contributed by atoms with van der Waals surface area (Å²) in [5.74, 6) is -0.979. The van der Waals surface area contributed by atoms with Crippen LogP contribution in [0.2, 0.25) is 0 Å². The molecule has 1 rings (SSSR count). The zero-order chi connectivity index (χ0) is 7.56. The summed E-state index contributed by atoms with van der Waals surface area (Å²) in [6.45, 7) is 3.06. The average Bonchev–Trinajstić information content (AvgIpc) is 2.36. The second-order valence-electron chi connectivity index (χ2n) is 1.75. The van der Waals surface area contributed by atoms with Crippen molar-refractivity contribution in [1.82, 2.24) is 0 Å². The van der Waals surface area contributed by atoms with Crippen molar-refractivity contribution in [1.29, 1.82) is 0 Å². The molecule has 1 aromatic rings. The fourth-order valence-electron chi connectivity index (χ4n) is 0.550. The van der Waals surface area contributed by atoms with Crippen molar-refractivity contribution in [2.45, 2.75) is 0 Å². The quantitative estimate of drug-likeness (QED) is 0.383.